The van der Waals surface area contributed by atoms with E-state index in [1.165, 1.54) is 25.7 Å². The summed E-state index contributed by atoms with van der Waals surface area (Å²) in [6, 6.07) is 0. The molecule has 0 amide bonds. The second-order valence-electron chi connectivity index (χ2n) is 4.72. The summed E-state index contributed by atoms with van der Waals surface area (Å²) in [5, 5.41) is 11.7. The summed E-state index contributed by atoms with van der Waals surface area (Å²) >= 11 is 0. The van der Waals surface area contributed by atoms with Crippen molar-refractivity contribution in [1.29, 1.82) is 0 Å². The van der Waals surface area contributed by atoms with Crippen molar-refractivity contribution in [2.45, 2.75) is 46.0 Å². The smallest absolute Gasteiger partial charge is 0.144 e. The highest BCUT2D eigenvalue weighted by atomic mass is 16.4. The van der Waals surface area contributed by atoms with Gasteiger partial charge in [0.05, 0.1) is 0 Å². The number of oxime groups is 1. The van der Waals surface area contributed by atoms with Crippen LogP contribution in [0.1, 0.15) is 46.0 Å². The Morgan fingerprint density at radius 3 is 2.46 bits per heavy atom. The van der Waals surface area contributed by atoms with E-state index in [1.807, 2.05) is 13.8 Å². The molecule has 0 bridgehead atoms. The van der Waals surface area contributed by atoms with Crippen molar-refractivity contribution < 1.29 is 5.21 Å². The Morgan fingerprint density at radius 1 is 1.46 bits per heavy atom. The molecule has 0 saturated heterocycles. The number of hydrogen-bond donors (Lipinski definition) is 2. The third-order valence-corrected chi connectivity index (χ3v) is 3.07. The molecule has 13 heavy (non-hydrogen) atoms. The lowest BCUT2D eigenvalue weighted by Crippen LogP contribution is -2.33. The molecular formula is C10H20N2O. The minimum absolute atomic E-state index is 0.149. The van der Waals surface area contributed by atoms with Crippen LogP contribution in [0.3, 0.4) is 0 Å². The lowest BCUT2D eigenvalue weighted by atomic mass is 9.81. The van der Waals surface area contributed by atoms with Gasteiger partial charge in [0.1, 0.15) is 5.84 Å². The summed E-state index contributed by atoms with van der Waals surface area (Å²) in [6.07, 6.45) is 6.35. The summed E-state index contributed by atoms with van der Waals surface area (Å²) in [5.41, 5.74) is 5.48. The summed E-state index contributed by atoms with van der Waals surface area (Å²) in [7, 11) is 0. The van der Waals surface area contributed by atoms with E-state index in [4.69, 9.17) is 10.9 Å². The van der Waals surface area contributed by atoms with Gasteiger partial charge in [-0.25, -0.2) is 0 Å². The van der Waals surface area contributed by atoms with Gasteiger partial charge in [0.25, 0.3) is 0 Å². The molecule has 0 aromatic carbocycles. The second kappa shape index (κ2) is 3.99. The molecule has 1 fully saturated rings. The first-order chi connectivity index (χ1) is 6.06. The molecule has 1 aliphatic carbocycles. The van der Waals surface area contributed by atoms with E-state index in [2.05, 4.69) is 5.16 Å². The van der Waals surface area contributed by atoms with E-state index in [-0.39, 0.29) is 5.41 Å². The topological polar surface area (TPSA) is 58.6 Å². The van der Waals surface area contributed by atoms with Gasteiger partial charge in [-0.05, 0) is 12.3 Å². The van der Waals surface area contributed by atoms with Gasteiger partial charge in [0, 0.05) is 5.41 Å². The highest BCUT2D eigenvalue weighted by Crippen LogP contribution is 2.35. The van der Waals surface area contributed by atoms with Crippen LogP contribution < -0.4 is 5.73 Å². The average molecular weight is 184 g/mol. The standard InChI is InChI=1S/C10H20N2O/c1-10(2,9(11)12-13)7-8-5-3-4-6-8/h8,13H,3-7H2,1-2H3,(H2,11,12). The van der Waals surface area contributed by atoms with Crippen molar-refractivity contribution in [3.8, 4) is 0 Å². The maximum Gasteiger partial charge on any atom is 0.144 e. The van der Waals surface area contributed by atoms with Crippen LogP contribution in [-0.2, 0) is 0 Å². The van der Waals surface area contributed by atoms with E-state index in [0.717, 1.165) is 12.3 Å². The maximum absolute atomic E-state index is 8.61. The normalized spacial score (nSPS) is 20.9. The van der Waals surface area contributed by atoms with Crippen LogP contribution in [-0.4, -0.2) is 11.0 Å². The van der Waals surface area contributed by atoms with Crippen LogP contribution in [0.2, 0.25) is 0 Å². The predicted molar refractivity (Wildman–Crippen MR) is 53.8 cm³/mol. The van der Waals surface area contributed by atoms with Gasteiger partial charge < -0.3 is 10.9 Å². The van der Waals surface area contributed by atoms with E-state index in [1.54, 1.807) is 0 Å². The van der Waals surface area contributed by atoms with Crippen LogP contribution >= 0.6 is 0 Å². The molecule has 3 nitrogen and oxygen atoms in total. The largest absolute Gasteiger partial charge is 0.409 e. The number of rotatable bonds is 3. The first kappa shape index (κ1) is 10.4. The SMILES string of the molecule is CC(C)(CC1CCCC1)/C(N)=N/O. The van der Waals surface area contributed by atoms with Crippen molar-refractivity contribution in [2.24, 2.45) is 22.2 Å². The lowest BCUT2D eigenvalue weighted by Gasteiger charge is -2.26. The van der Waals surface area contributed by atoms with Crippen LogP contribution in [0, 0.1) is 11.3 Å². The molecule has 1 rings (SSSR count). The summed E-state index contributed by atoms with van der Waals surface area (Å²) in [4.78, 5) is 0. The Labute approximate surface area is 80.0 Å². The van der Waals surface area contributed by atoms with Crippen LogP contribution in [0.15, 0.2) is 5.16 Å². The van der Waals surface area contributed by atoms with Gasteiger partial charge in [0.2, 0.25) is 0 Å². The molecule has 0 aromatic heterocycles. The molecule has 1 aliphatic rings. The minimum atomic E-state index is -0.149. The van der Waals surface area contributed by atoms with E-state index in [0.29, 0.717) is 5.84 Å². The Hall–Kier alpha value is -0.730. The molecule has 0 aliphatic heterocycles. The predicted octanol–water partition coefficient (Wildman–Crippen LogP) is 2.34. The van der Waals surface area contributed by atoms with E-state index >= 15 is 0 Å². The number of nitrogens with zero attached hydrogens (tertiary/aromatic N) is 1. The quantitative estimate of drug-likeness (QED) is 0.306. The molecule has 0 radical (unpaired) electrons. The van der Waals surface area contributed by atoms with Crippen LogP contribution in [0.25, 0.3) is 0 Å². The highest BCUT2D eigenvalue weighted by molar-refractivity contribution is 5.85. The van der Waals surface area contributed by atoms with Gasteiger partial charge in [0.15, 0.2) is 0 Å². The summed E-state index contributed by atoms with van der Waals surface area (Å²) < 4.78 is 0. The minimum Gasteiger partial charge on any atom is -0.409 e. The Kier molecular flexibility index (Phi) is 3.17. The molecule has 76 valence electrons. The zero-order chi connectivity index (χ0) is 9.90. The second-order valence-corrected chi connectivity index (χ2v) is 4.72. The third-order valence-electron chi connectivity index (χ3n) is 3.07. The monoisotopic (exact) mass is 184 g/mol. The van der Waals surface area contributed by atoms with Crippen molar-refractivity contribution in [3.05, 3.63) is 0 Å². The van der Waals surface area contributed by atoms with E-state index < -0.39 is 0 Å². The molecule has 0 spiro atoms. The van der Waals surface area contributed by atoms with Gasteiger partial charge in [-0.3, -0.25) is 0 Å². The van der Waals surface area contributed by atoms with Gasteiger partial charge in [-0.15, -0.1) is 0 Å². The highest BCUT2D eigenvalue weighted by Gasteiger charge is 2.29. The molecular weight excluding hydrogens is 164 g/mol. The number of amidine groups is 1. The molecule has 3 N–H and O–H groups in total. The van der Waals surface area contributed by atoms with Crippen molar-refractivity contribution in [1.82, 2.24) is 0 Å². The number of nitrogens with two attached hydrogens (primary N) is 1. The molecule has 0 atom stereocenters. The Bertz CT molecular complexity index is 193. The summed E-state index contributed by atoms with van der Waals surface area (Å²) in [5.74, 6) is 1.13. The fourth-order valence-electron chi connectivity index (χ4n) is 2.18. The fraction of sp³-hybridized carbons (Fsp3) is 0.900. The lowest BCUT2D eigenvalue weighted by molar-refractivity contribution is 0.294. The van der Waals surface area contributed by atoms with Gasteiger partial charge >= 0.3 is 0 Å². The Morgan fingerprint density at radius 2 is 2.00 bits per heavy atom. The van der Waals surface area contributed by atoms with Crippen molar-refractivity contribution in [2.75, 3.05) is 0 Å². The zero-order valence-corrected chi connectivity index (χ0v) is 8.58. The van der Waals surface area contributed by atoms with Gasteiger partial charge in [-0.2, -0.15) is 0 Å². The van der Waals surface area contributed by atoms with E-state index in [9.17, 15) is 0 Å². The molecule has 0 unspecified atom stereocenters. The van der Waals surface area contributed by atoms with Crippen molar-refractivity contribution in [3.63, 3.8) is 0 Å². The zero-order valence-electron chi connectivity index (χ0n) is 8.58. The number of hydrogen-bond acceptors (Lipinski definition) is 2. The first-order valence-corrected chi connectivity index (χ1v) is 5.04. The van der Waals surface area contributed by atoms with Crippen LogP contribution in [0.4, 0.5) is 0 Å². The van der Waals surface area contributed by atoms with Crippen LogP contribution in [0.5, 0.6) is 0 Å². The van der Waals surface area contributed by atoms with Gasteiger partial charge in [-0.1, -0.05) is 44.7 Å². The fourth-order valence-corrected chi connectivity index (χ4v) is 2.18. The molecule has 0 heterocycles. The molecule has 3 heteroatoms. The maximum atomic E-state index is 8.61. The molecule has 0 aromatic rings. The van der Waals surface area contributed by atoms with Crippen molar-refractivity contribution >= 4 is 5.84 Å². The average Bonchev–Trinajstić information content (AvgIpc) is 2.54. The Balaban J connectivity index is 2.50. The third kappa shape index (κ3) is 2.61. The first-order valence-electron chi connectivity index (χ1n) is 5.04. The molecule has 1 saturated carbocycles. The summed E-state index contributed by atoms with van der Waals surface area (Å²) in [6.45, 7) is 4.08.